The van der Waals surface area contributed by atoms with Crippen LogP contribution in [0.1, 0.15) is 48.0 Å². The van der Waals surface area contributed by atoms with Crippen LogP contribution in [0.5, 0.6) is 0 Å². The van der Waals surface area contributed by atoms with Gasteiger partial charge >= 0.3 is 0 Å². The molecule has 1 aliphatic carbocycles. The first-order valence-corrected chi connectivity index (χ1v) is 8.27. The third kappa shape index (κ3) is 3.87. The van der Waals surface area contributed by atoms with E-state index in [9.17, 15) is 9.59 Å². The molecule has 0 bridgehead atoms. The van der Waals surface area contributed by atoms with Crippen LogP contribution in [0.25, 0.3) is 0 Å². The second-order valence-electron chi connectivity index (χ2n) is 6.65. The van der Waals surface area contributed by atoms with Crippen molar-refractivity contribution < 1.29 is 9.59 Å². The Morgan fingerprint density at radius 2 is 1.73 bits per heavy atom. The minimum Gasteiger partial charge on any atom is -0.353 e. The molecule has 4 heteroatoms. The average molecular weight is 300 g/mol. The number of carbonyl (C=O) groups is 2. The number of amides is 2. The van der Waals surface area contributed by atoms with Crippen molar-refractivity contribution in [3.05, 3.63) is 35.4 Å². The zero-order valence-electron chi connectivity index (χ0n) is 13.2. The topological polar surface area (TPSA) is 49.4 Å². The van der Waals surface area contributed by atoms with E-state index in [0.29, 0.717) is 18.4 Å². The van der Waals surface area contributed by atoms with Crippen LogP contribution in [-0.4, -0.2) is 35.8 Å². The molecule has 2 amide bonds. The quantitative estimate of drug-likeness (QED) is 0.929. The molecule has 0 unspecified atom stereocenters. The summed E-state index contributed by atoms with van der Waals surface area (Å²) in [4.78, 5) is 26.2. The third-order valence-corrected chi connectivity index (χ3v) is 4.62. The summed E-state index contributed by atoms with van der Waals surface area (Å²) in [7, 11) is 0. The number of hydrogen-bond donors (Lipinski definition) is 1. The van der Waals surface area contributed by atoms with E-state index in [1.807, 2.05) is 36.1 Å². The Kier molecular flexibility index (Phi) is 4.46. The van der Waals surface area contributed by atoms with Gasteiger partial charge in [0.15, 0.2) is 0 Å². The highest BCUT2D eigenvalue weighted by molar-refractivity contribution is 5.94. The highest BCUT2D eigenvalue weighted by Crippen LogP contribution is 2.24. The fraction of sp³-hybridized carbons (Fsp3) is 0.556. The molecule has 3 rings (SSSR count). The Morgan fingerprint density at radius 1 is 1.09 bits per heavy atom. The van der Waals surface area contributed by atoms with Crippen LogP contribution in [0.2, 0.25) is 0 Å². The predicted octanol–water partition coefficient (Wildman–Crippen LogP) is 2.52. The molecule has 0 atom stereocenters. The molecule has 0 spiro atoms. The van der Waals surface area contributed by atoms with E-state index in [0.717, 1.165) is 49.9 Å². The van der Waals surface area contributed by atoms with Gasteiger partial charge in [0.25, 0.3) is 5.91 Å². The van der Waals surface area contributed by atoms with Gasteiger partial charge in [-0.1, -0.05) is 17.7 Å². The maximum Gasteiger partial charge on any atom is 0.253 e. The number of rotatable bonds is 4. The summed E-state index contributed by atoms with van der Waals surface area (Å²) in [6, 6.07) is 8.18. The summed E-state index contributed by atoms with van der Waals surface area (Å²) < 4.78 is 0. The molecule has 118 valence electrons. The van der Waals surface area contributed by atoms with Crippen molar-refractivity contribution in [2.24, 2.45) is 5.92 Å². The summed E-state index contributed by atoms with van der Waals surface area (Å²) in [6.07, 6.45) is 4.74. The molecule has 1 N–H and O–H groups in total. The van der Waals surface area contributed by atoms with Crippen molar-refractivity contribution in [2.75, 3.05) is 13.1 Å². The van der Waals surface area contributed by atoms with Gasteiger partial charge in [-0.15, -0.1) is 0 Å². The molecule has 1 aliphatic heterocycles. The molecular formula is C18H24N2O2. The largest absolute Gasteiger partial charge is 0.353 e. The molecule has 1 heterocycles. The van der Waals surface area contributed by atoms with Crippen LogP contribution in [0.4, 0.5) is 0 Å². The molecular weight excluding hydrogens is 276 g/mol. The first-order valence-electron chi connectivity index (χ1n) is 8.27. The lowest BCUT2D eigenvalue weighted by Crippen LogP contribution is -2.39. The number of nitrogens with zero attached hydrogens (tertiary/aromatic N) is 1. The van der Waals surface area contributed by atoms with E-state index in [4.69, 9.17) is 0 Å². The predicted molar refractivity (Wildman–Crippen MR) is 85.6 cm³/mol. The molecule has 1 saturated carbocycles. The van der Waals surface area contributed by atoms with Gasteiger partial charge in [0.2, 0.25) is 5.91 Å². The molecule has 4 nitrogen and oxygen atoms in total. The smallest absolute Gasteiger partial charge is 0.253 e. The van der Waals surface area contributed by atoms with Crippen LogP contribution < -0.4 is 5.32 Å². The molecule has 0 aromatic heterocycles. The Morgan fingerprint density at radius 3 is 2.32 bits per heavy atom. The van der Waals surface area contributed by atoms with Crippen LogP contribution in [0, 0.1) is 12.8 Å². The van der Waals surface area contributed by atoms with Crippen molar-refractivity contribution in [1.82, 2.24) is 10.2 Å². The molecule has 0 radical (unpaired) electrons. The number of carbonyl (C=O) groups excluding carboxylic acids is 2. The maximum atomic E-state index is 12.4. The van der Waals surface area contributed by atoms with Gasteiger partial charge < -0.3 is 10.2 Å². The number of nitrogens with one attached hydrogen (secondary N) is 1. The SMILES string of the molecule is Cc1ccc(C(=O)N2CCC(CC(=O)NC3CC3)CC2)cc1. The maximum absolute atomic E-state index is 12.4. The van der Waals surface area contributed by atoms with Crippen molar-refractivity contribution in [3.8, 4) is 0 Å². The Labute approximate surface area is 131 Å². The van der Waals surface area contributed by atoms with Crippen LogP contribution in [0.3, 0.4) is 0 Å². The van der Waals surface area contributed by atoms with Crippen molar-refractivity contribution >= 4 is 11.8 Å². The highest BCUT2D eigenvalue weighted by atomic mass is 16.2. The van der Waals surface area contributed by atoms with E-state index in [1.54, 1.807) is 0 Å². The van der Waals surface area contributed by atoms with Crippen molar-refractivity contribution in [3.63, 3.8) is 0 Å². The second-order valence-corrected chi connectivity index (χ2v) is 6.65. The minimum absolute atomic E-state index is 0.112. The van der Waals surface area contributed by atoms with Gasteiger partial charge in [0.1, 0.15) is 0 Å². The number of piperidine rings is 1. The Hall–Kier alpha value is -1.84. The van der Waals surface area contributed by atoms with E-state index < -0.39 is 0 Å². The lowest BCUT2D eigenvalue weighted by Gasteiger charge is -2.31. The highest BCUT2D eigenvalue weighted by Gasteiger charge is 2.27. The first kappa shape index (κ1) is 15.1. The molecule has 22 heavy (non-hydrogen) atoms. The van der Waals surface area contributed by atoms with Gasteiger partial charge in [-0.05, 0) is 50.7 Å². The van der Waals surface area contributed by atoms with E-state index >= 15 is 0 Å². The van der Waals surface area contributed by atoms with E-state index in [2.05, 4.69) is 5.32 Å². The molecule has 1 saturated heterocycles. The van der Waals surface area contributed by atoms with Crippen LogP contribution in [0.15, 0.2) is 24.3 Å². The van der Waals surface area contributed by atoms with Crippen molar-refractivity contribution in [2.45, 2.75) is 45.1 Å². The lowest BCUT2D eigenvalue weighted by molar-refractivity contribution is -0.122. The van der Waals surface area contributed by atoms with Crippen LogP contribution >= 0.6 is 0 Å². The fourth-order valence-electron chi connectivity index (χ4n) is 3.00. The first-order chi connectivity index (χ1) is 10.6. The lowest BCUT2D eigenvalue weighted by atomic mass is 9.93. The van der Waals surface area contributed by atoms with Gasteiger partial charge in [-0.2, -0.15) is 0 Å². The summed E-state index contributed by atoms with van der Waals surface area (Å²) in [6.45, 7) is 3.54. The zero-order chi connectivity index (χ0) is 15.5. The fourth-order valence-corrected chi connectivity index (χ4v) is 3.00. The van der Waals surface area contributed by atoms with Gasteiger partial charge in [-0.3, -0.25) is 9.59 Å². The van der Waals surface area contributed by atoms with Crippen LogP contribution in [-0.2, 0) is 4.79 Å². The number of aryl methyl sites for hydroxylation is 1. The van der Waals surface area contributed by atoms with Gasteiger partial charge in [0, 0.05) is 31.1 Å². The minimum atomic E-state index is 0.112. The molecule has 1 aromatic rings. The Balaban J connectivity index is 1.47. The standard InChI is InChI=1S/C18H24N2O2/c1-13-2-4-15(5-3-13)18(22)20-10-8-14(9-11-20)12-17(21)19-16-6-7-16/h2-5,14,16H,6-12H2,1H3,(H,19,21). The van der Waals surface area contributed by atoms with Gasteiger partial charge in [-0.25, -0.2) is 0 Å². The summed E-state index contributed by atoms with van der Waals surface area (Å²) in [5.41, 5.74) is 1.92. The number of likely N-dealkylation sites (tertiary alicyclic amines) is 1. The zero-order valence-corrected chi connectivity index (χ0v) is 13.2. The summed E-state index contributed by atoms with van der Waals surface area (Å²) in [5, 5.41) is 3.05. The Bertz CT molecular complexity index is 541. The molecule has 2 fully saturated rings. The third-order valence-electron chi connectivity index (χ3n) is 4.62. The molecule has 2 aliphatic rings. The number of hydrogen-bond acceptors (Lipinski definition) is 2. The second kappa shape index (κ2) is 6.51. The van der Waals surface area contributed by atoms with E-state index in [1.165, 1.54) is 0 Å². The monoisotopic (exact) mass is 300 g/mol. The van der Waals surface area contributed by atoms with E-state index in [-0.39, 0.29) is 11.8 Å². The number of benzene rings is 1. The normalized spacial score (nSPS) is 19.0. The summed E-state index contributed by atoms with van der Waals surface area (Å²) in [5.74, 6) is 0.715. The van der Waals surface area contributed by atoms with Gasteiger partial charge in [0.05, 0.1) is 0 Å². The average Bonchev–Trinajstić information content (AvgIpc) is 3.32. The molecule has 1 aromatic carbocycles. The van der Waals surface area contributed by atoms with Crippen molar-refractivity contribution in [1.29, 1.82) is 0 Å². The summed E-state index contributed by atoms with van der Waals surface area (Å²) >= 11 is 0.